The average Bonchev–Trinajstić information content (AvgIpc) is 2.43. The molecule has 2 rings (SSSR count). The Morgan fingerprint density at radius 2 is 1.86 bits per heavy atom. The number of benzene rings is 1. The van der Waals surface area contributed by atoms with Crippen LogP contribution in [0.4, 0.5) is 0 Å². The van der Waals surface area contributed by atoms with Gasteiger partial charge in [0.2, 0.25) is 0 Å². The van der Waals surface area contributed by atoms with Gasteiger partial charge in [-0.25, -0.2) is 0 Å². The predicted molar refractivity (Wildman–Crippen MR) is 89.5 cm³/mol. The van der Waals surface area contributed by atoms with Crippen molar-refractivity contribution in [1.82, 2.24) is 4.90 Å². The smallest absolute Gasteiger partial charge is 0.0802 e. The molecule has 0 aliphatic heterocycles. The summed E-state index contributed by atoms with van der Waals surface area (Å²) in [6.07, 6.45) is 5.86. The standard InChI is InChI=1S/C19H31NO/c1-14-6-5-7-18(13-14)20(4)9-8-19(21)17-11-15(2)10-16(3)12-17/h10-12,14,18-19,21H,5-9,13H2,1-4H3. The van der Waals surface area contributed by atoms with Crippen LogP contribution in [0.5, 0.6) is 0 Å². The molecule has 1 fully saturated rings. The molecule has 118 valence electrons. The lowest BCUT2D eigenvalue weighted by Gasteiger charge is -2.34. The Bertz CT molecular complexity index is 437. The summed E-state index contributed by atoms with van der Waals surface area (Å²) in [6.45, 7) is 7.54. The quantitative estimate of drug-likeness (QED) is 0.876. The van der Waals surface area contributed by atoms with Gasteiger partial charge in [-0.1, -0.05) is 49.1 Å². The minimum absolute atomic E-state index is 0.341. The number of aliphatic hydroxyl groups excluding tert-OH is 1. The summed E-state index contributed by atoms with van der Waals surface area (Å²) in [7, 11) is 2.22. The molecule has 0 heterocycles. The van der Waals surface area contributed by atoms with E-state index in [1.165, 1.54) is 36.8 Å². The molecular formula is C19H31NO. The van der Waals surface area contributed by atoms with Gasteiger partial charge in [0.25, 0.3) is 0 Å². The summed E-state index contributed by atoms with van der Waals surface area (Å²) in [6, 6.07) is 7.09. The fourth-order valence-corrected chi connectivity index (χ4v) is 3.68. The van der Waals surface area contributed by atoms with E-state index in [1.54, 1.807) is 0 Å². The molecule has 2 nitrogen and oxygen atoms in total. The summed E-state index contributed by atoms with van der Waals surface area (Å²) in [5.41, 5.74) is 3.54. The summed E-state index contributed by atoms with van der Waals surface area (Å²) in [5, 5.41) is 10.4. The summed E-state index contributed by atoms with van der Waals surface area (Å²) < 4.78 is 0. The van der Waals surface area contributed by atoms with Crippen LogP contribution in [0.2, 0.25) is 0 Å². The van der Waals surface area contributed by atoms with E-state index in [1.807, 2.05) is 0 Å². The second-order valence-electron chi connectivity index (χ2n) is 7.13. The average molecular weight is 289 g/mol. The lowest BCUT2D eigenvalue weighted by molar-refractivity contribution is 0.116. The van der Waals surface area contributed by atoms with Gasteiger partial charge in [-0.15, -0.1) is 0 Å². The molecule has 1 aliphatic carbocycles. The Kier molecular flexibility index (Phi) is 5.83. The zero-order valence-corrected chi connectivity index (χ0v) is 14.1. The van der Waals surface area contributed by atoms with Crippen LogP contribution in [0, 0.1) is 19.8 Å². The largest absolute Gasteiger partial charge is 0.388 e. The molecule has 3 atom stereocenters. The van der Waals surface area contributed by atoms with Crippen molar-refractivity contribution in [3.63, 3.8) is 0 Å². The molecule has 1 saturated carbocycles. The second-order valence-corrected chi connectivity index (χ2v) is 7.13. The van der Waals surface area contributed by atoms with Crippen LogP contribution in [0.3, 0.4) is 0 Å². The number of aryl methyl sites for hydroxylation is 2. The van der Waals surface area contributed by atoms with Gasteiger partial charge in [-0.3, -0.25) is 0 Å². The monoisotopic (exact) mass is 289 g/mol. The number of nitrogens with zero attached hydrogens (tertiary/aromatic N) is 1. The van der Waals surface area contributed by atoms with E-state index in [0.29, 0.717) is 6.04 Å². The molecule has 0 saturated heterocycles. The van der Waals surface area contributed by atoms with Crippen LogP contribution >= 0.6 is 0 Å². The SMILES string of the molecule is Cc1cc(C)cc(C(O)CCN(C)C2CCCC(C)C2)c1. The fraction of sp³-hybridized carbons (Fsp3) is 0.684. The molecule has 1 N–H and O–H groups in total. The zero-order valence-electron chi connectivity index (χ0n) is 14.1. The first-order chi connectivity index (χ1) is 9.95. The van der Waals surface area contributed by atoms with E-state index in [2.05, 4.69) is 50.9 Å². The summed E-state index contributed by atoms with van der Waals surface area (Å²) in [4.78, 5) is 2.46. The molecule has 0 aromatic heterocycles. The molecule has 21 heavy (non-hydrogen) atoms. The lowest BCUT2D eigenvalue weighted by Crippen LogP contribution is -2.36. The van der Waals surface area contributed by atoms with E-state index < -0.39 is 0 Å². The third kappa shape index (κ3) is 4.82. The highest BCUT2D eigenvalue weighted by molar-refractivity contribution is 5.29. The van der Waals surface area contributed by atoms with E-state index in [-0.39, 0.29) is 6.10 Å². The minimum Gasteiger partial charge on any atom is -0.388 e. The maximum Gasteiger partial charge on any atom is 0.0802 e. The maximum absolute atomic E-state index is 10.4. The first-order valence-electron chi connectivity index (χ1n) is 8.42. The molecule has 3 unspecified atom stereocenters. The van der Waals surface area contributed by atoms with E-state index in [4.69, 9.17) is 0 Å². The lowest BCUT2D eigenvalue weighted by atomic mass is 9.86. The molecule has 1 aromatic rings. The van der Waals surface area contributed by atoms with Gasteiger partial charge in [0.1, 0.15) is 0 Å². The predicted octanol–water partition coefficient (Wildman–Crippen LogP) is 4.24. The van der Waals surface area contributed by atoms with Crippen LogP contribution in [0.15, 0.2) is 18.2 Å². The maximum atomic E-state index is 10.4. The second kappa shape index (κ2) is 7.42. The highest BCUT2D eigenvalue weighted by atomic mass is 16.3. The molecule has 1 aromatic carbocycles. The fourth-order valence-electron chi connectivity index (χ4n) is 3.68. The normalized spacial score (nSPS) is 24.3. The van der Waals surface area contributed by atoms with Gasteiger partial charge < -0.3 is 10.0 Å². The van der Waals surface area contributed by atoms with Crippen molar-refractivity contribution >= 4 is 0 Å². The number of aliphatic hydroxyl groups is 1. The van der Waals surface area contributed by atoms with Gasteiger partial charge >= 0.3 is 0 Å². The molecular weight excluding hydrogens is 258 g/mol. The molecule has 0 amide bonds. The minimum atomic E-state index is -0.341. The van der Waals surface area contributed by atoms with Crippen molar-refractivity contribution < 1.29 is 5.11 Å². The molecule has 0 spiro atoms. The van der Waals surface area contributed by atoms with Gasteiger partial charge in [0.15, 0.2) is 0 Å². The Balaban J connectivity index is 1.86. The summed E-state index contributed by atoms with van der Waals surface area (Å²) >= 11 is 0. The van der Waals surface area contributed by atoms with Crippen molar-refractivity contribution in [2.24, 2.45) is 5.92 Å². The Hall–Kier alpha value is -0.860. The highest BCUT2D eigenvalue weighted by Gasteiger charge is 2.22. The first kappa shape index (κ1) is 16.5. The Morgan fingerprint density at radius 3 is 2.48 bits per heavy atom. The third-order valence-electron chi connectivity index (χ3n) is 4.92. The van der Waals surface area contributed by atoms with Crippen molar-refractivity contribution in [2.75, 3.05) is 13.6 Å². The number of hydrogen-bond acceptors (Lipinski definition) is 2. The van der Waals surface area contributed by atoms with Gasteiger partial charge in [-0.2, -0.15) is 0 Å². The topological polar surface area (TPSA) is 23.5 Å². The molecule has 0 bridgehead atoms. The van der Waals surface area contributed by atoms with E-state index in [9.17, 15) is 5.11 Å². The van der Waals surface area contributed by atoms with Gasteiger partial charge in [-0.05, 0) is 51.6 Å². The van der Waals surface area contributed by atoms with Crippen LogP contribution in [-0.2, 0) is 0 Å². The first-order valence-corrected chi connectivity index (χ1v) is 8.42. The highest BCUT2D eigenvalue weighted by Crippen LogP contribution is 2.27. The van der Waals surface area contributed by atoms with E-state index in [0.717, 1.165) is 24.4 Å². The Labute approximate surface area is 130 Å². The van der Waals surface area contributed by atoms with Crippen molar-refractivity contribution in [3.8, 4) is 0 Å². The van der Waals surface area contributed by atoms with Gasteiger partial charge in [0, 0.05) is 12.6 Å². The van der Waals surface area contributed by atoms with Crippen molar-refractivity contribution in [1.29, 1.82) is 0 Å². The van der Waals surface area contributed by atoms with E-state index >= 15 is 0 Å². The van der Waals surface area contributed by atoms with Crippen LogP contribution in [0.1, 0.15) is 61.8 Å². The zero-order chi connectivity index (χ0) is 15.4. The van der Waals surface area contributed by atoms with Crippen LogP contribution in [0.25, 0.3) is 0 Å². The van der Waals surface area contributed by atoms with Crippen LogP contribution < -0.4 is 0 Å². The number of rotatable bonds is 5. The number of hydrogen-bond donors (Lipinski definition) is 1. The summed E-state index contributed by atoms with van der Waals surface area (Å²) in [5.74, 6) is 0.857. The molecule has 2 heteroatoms. The third-order valence-corrected chi connectivity index (χ3v) is 4.92. The molecule has 1 aliphatic rings. The van der Waals surface area contributed by atoms with Crippen LogP contribution in [-0.4, -0.2) is 29.6 Å². The van der Waals surface area contributed by atoms with Crippen molar-refractivity contribution in [3.05, 3.63) is 34.9 Å². The Morgan fingerprint density at radius 1 is 1.19 bits per heavy atom. The van der Waals surface area contributed by atoms with Crippen molar-refractivity contribution in [2.45, 2.75) is 65.0 Å². The molecule has 0 radical (unpaired) electrons. The van der Waals surface area contributed by atoms with Gasteiger partial charge in [0.05, 0.1) is 6.10 Å².